The first kappa shape index (κ1) is 41.8. The fourth-order valence-corrected chi connectivity index (χ4v) is 5.25. The average molecular weight is 772 g/mol. The van der Waals surface area contributed by atoms with Crippen LogP contribution in [0.3, 0.4) is 0 Å². The minimum absolute atomic E-state index is 0.00978. The van der Waals surface area contributed by atoms with E-state index in [1.807, 2.05) is 18.2 Å². The number of guanidine groups is 2. The van der Waals surface area contributed by atoms with E-state index in [2.05, 4.69) is 31.3 Å². The van der Waals surface area contributed by atoms with Gasteiger partial charge in [-0.15, -0.1) is 4.99 Å². The van der Waals surface area contributed by atoms with E-state index in [0.29, 0.717) is 6.42 Å². The monoisotopic (exact) mass is 771 g/mol. The van der Waals surface area contributed by atoms with E-state index in [0.717, 1.165) is 16.7 Å². The Morgan fingerprint density at radius 2 is 1.38 bits per heavy atom. The van der Waals surface area contributed by atoms with Gasteiger partial charge in [0, 0.05) is 33.1 Å². The molecule has 6 N–H and O–H groups in total. The summed E-state index contributed by atoms with van der Waals surface area (Å²) < 4.78 is 16.0. The molecule has 0 radical (unpaired) electrons. The first-order chi connectivity index (χ1) is 27.0. The first-order valence-electron chi connectivity index (χ1n) is 17.6. The number of aliphatic imine (C=N–C) groups is 2. The SMILES string of the molecule is CN(CCC[C@@H](CC(=O)N(C)C1CN=C(NC(N)=O)NC1=O)NC(=O)OCc1ccccc1)/C(=N/C(=O)OCc1ccccc1)NC(=O)OCc1ccccc1. The van der Waals surface area contributed by atoms with Gasteiger partial charge in [0.15, 0.2) is 0 Å². The molecule has 0 fully saturated rings. The molecule has 7 amide bonds. The molecule has 0 aromatic heterocycles. The summed E-state index contributed by atoms with van der Waals surface area (Å²) in [5, 5.41) is 9.83. The number of amides is 7. The first-order valence-corrected chi connectivity index (χ1v) is 17.6. The van der Waals surface area contributed by atoms with E-state index >= 15 is 0 Å². The molecule has 18 heteroatoms. The van der Waals surface area contributed by atoms with Gasteiger partial charge in [0.1, 0.15) is 25.9 Å². The molecule has 3 aromatic carbocycles. The van der Waals surface area contributed by atoms with Crippen LogP contribution in [0.25, 0.3) is 0 Å². The molecular formula is C38H45N9O9. The van der Waals surface area contributed by atoms with Crippen molar-refractivity contribution in [3.8, 4) is 0 Å². The van der Waals surface area contributed by atoms with Crippen LogP contribution >= 0.6 is 0 Å². The molecule has 0 aliphatic carbocycles. The number of primary amides is 1. The maximum atomic E-state index is 13.5. The van der Waals surface area contributed by atoms with Crippen molar-refractivity contribution in [2.45, 2.75) is 51.2 Å². The number of nitrogens with zero attached hydrogens (tertiary/aromatic N) is 4. The summed E-state index contributed by atoms with van der Waals surface area (Å²) in [6.45, 7) is -0.0410. The third-order valence-corrected chi connectivity index (χ3v) is 8.26. The molecule has 1 aliphatic rings. The van der Waals surface area contributed by atoms with Crippen LogP contribution in [0.5, 0.6) is 0 Å². The summed E-state index contributed by atoms with van der Waals surface area (Å²) in [5.74, 6) is -1.36. The lowest BCUT2D eigenvalue weighted by atomic mass is 10.1. The molecular weight excluding hydrogens is 726 g/mol. The highest BCUT2D eigenvalue weighted by Gasteiger charge is 2.32. The van der Waals surface area contributed by atoms with Gasteiger partial charge in [0.05, 0.1) is 6.54 Å². The Hall–Kier alpha value is -6.98. The van der Waals surface area contributed by atoms with E-state index in [1.165, 1.54) is 16.8 Å². The normalized spacial score (nSPS) is 14.2. The highest BCUT2D eigenvalue weighted by atomic mass is 16.6. The van der Waals surface area contributed by atoms with Gasteiger partial charge in [-0.25, -0.2) is 24.2 Å². The third-order valence-electron chi connectivity index (χ3n) is 8.26. The quantitative estimate of drug-likeness (QED) is 0.0913. The molecule has 0 spiro atoms. The van der Waals surface area contributed by atoms with Crippen LogP contribution in [0, 0.1) is 0 Å². The van der Waals surface area contributed by atoms with Crippen molar-refractivity contribution >= 4 is 48.0 Å². The van der Waals surface area contributed by atoms with Crippen molar-refractivity contribution < 1.29 is 43.0 Å². The molecule has 3 aromatic rings. The van der Waals surface area contributed by atoms with Crippen LogP contribution in [-0.2, 0) is 43.6 Å². The van der Waals surface area contributed by atoms with Gasteiger partial charge in [-0.1, -0.05) is 91.0 Å². The second kappa shape index (κ2) is 21.7. The number of ether oxygens (including phenoxy) is 3. The van der Waals surface area contributed by atoms with E-state index in [9.17, 15) is 28.8 Å². The van der Waals surface area contributed by atoms with Crippen LogP contribution in [0.2, 0.25) is 0 Å². The Morgan fingerprint density at radius 1 is 0.839 bits per heavy atom. The zero-order chi connectivity index (χ0) is 40.3. The predicted molar refractivity (Wildman–Crippen MR) is 204 cm³/mol. The van der Waals surface area contributed by atoms with Crippen LogP contribution in [0.15, 0.2) is 101 Å². The zero-order valence-electron chi connectivity index (χ0n) is 31.0. The maximum Gasteiger partial charge on any atom is 0.437 e. The number of carbonyl (C=O) groups excluding carboxylic acids is 6. The van der Waals surface area contributed by atoms with Crippen molar-refractivity contribution in [3.05, 3.63) is 108 Å². The summed E-state index contributed by atoms with van der Waals surface area (Å²) in [4.78, 5) is 86.6. The molecule has 2 atom stereocenters. The lowest BCUT2D eigenvalue weighted by molar-refractivity contribution is -0.138. The topological polar surface area (TPSA) is 235 Å². The second-order valence-corrected chi connectivity index (χ2v) is 12.5. The molecule has 0 saturated heterocycles. The Morgan fingerprint density at radius 3 is 1.91 bits per heavy atom. The van der Waals surface area contributed by atoms with Gasteiger partial charge in [0.25, 0.3) is 5.91 Å². The Bertz CT molecular complexity index is 1860. The third kappa shape index (κ3) is 14.4. The fraction of sp³-hybridized carbons (Fsp3) is 0.316. The standard InChI is InChI=1S/C38H45N9O9/c1-46(35(44-37(52)55-24-27-15-8-4-9-16-27)45-38(53)56-25-28-17-10-5-11-18-28)20-12-19-29(41-36(51)54-23-26-13-6-3-7-14-26)21-31(48)47(2)30-22-40-34(42-32(30)49)43-33(39)50/h3-11,13-18,29-30H,12,19-25H2,1-2H3,(H,41,51)(H,44,45,52,53)(H4,39,40,42,43,49,50)/t29-,30?/m0/s1. The smallest absolute Gasteiger partial charge is 0.437 e. The number of nitrogens with two attached hydrogens (primary N) is 1. The minimum atomic E-state index is -0.995. The molecule has 4 rings (SSSR count). The van der Waals surface area contributed by atoms with Crippen LogP contribution in [-0.4, -0.2) is 97.1 Å². The van der Waals surface area contributed by atoms with Crippen molar-refractivity contribution in [1.29, 1.82) is 0 Å². The van der Waals surface area contributed by atoms with E-state index in [-0.39, 0.29) is 57.7 Å². The molecule has 18 nitrogen and oxygen atoms in total. The summed E-state index contributed by atoms with van der Waals surface area (Å²) in [7, 11) is 3.01. The lowest BCUT2D eigenvalue weighted by Gasteiger charge is -2.30. The van der Waals surface area contributed by atoms with Crippen LogP contribution in [0.1, 0.15) is 36.0 Å². The number of likely N-dealkylation sites (N-methyl/N-ethyl adjacent to an activating group) is 1. The van der Waals surface area contributed by atoms with Gasteiger partial charge in [-0.2, -0.15) is 0 Å². The van der Waals surface area contributed by atoms with Gasteiger partial charge >= 0.3 is 24.3 Å². The van der Waals surface area contributed by atoms with Crippen LogP contribution in [0.4, 0.5) is 19.2 Å². The number of nitrogens with one attached hydrogen (secondary N) is 4. The van der Waals surface area contributed by atoms with Gasteiger partial charge < -0.3 is 35.1 Å². The number of rotatable bonds is 14. The molecule has 0 bridgehead atoms. The van der Waals surface area contributed by atoms with Crippen molar-refractivity contribution in [3.63, 3.8) is 0 Å². The average Bonchev–Trinajstić information content (AvgIpc) is 3.19. The minimum Gasteiger partial charge on any atom is -0.445 e. The molecule has 56 heavy (non-hydrogen) atoms. The maximum absolute atomic E-state index is 13.5. The molecule has 1 heterocycles. The Balaban J connectivity index is 1.41. The largest absolute Gasteiger partial charge is 0.445 e. The lowest BCUT2D eigenvalue weighted by Crippen LogP contribution is -2.58. The van der Waals surface area contributed by atoms with E-state index in [1.54, 1.807) is 79.8 Å². The van der Waals surface area contributed by atoms with E-state index < -0.39 is 48.2 Å². The van der Waals surface area contributed by atoms with Gasteiger partial charge in [-0.3, -0.25) is 25.5 Å². The van der Waals surface area contributed by atoms with Crippen molar-refractivity contribution in [2.75, 3.05) is 27.2 Å². The molecule has 1 unspecified atom stereocenters. The highest BCUT2D eigenvalue weighted by Crippen LogP contribution is 2.12. The van der Waals surface area contributed by atoms with E-state index in [4.69, 9.17) is 19.9 Å². The summed E-state index contributed by atoms with van der Waals surface area (Å²) in [6.07, 6.45) is -2.28. The molecule has 296 valence electrons. The summed E-state index contributed by atoms with van der Waals surface area (Å²) >= 11 is 0. The summed E-state index contributed by atoms with van der Waals surface area (Å²) in [5.41, 5.74) is 7.34. The van der Waals surface area contributed by atoms with Gasteiger partial charge in [-0.05, 0) is 29.5 Å². The summed E-state index contributed by atoms with van der Waals surface area (Å²) in [6, 6.07) is 24.4. The Kier molecular flexibility index (Phi) is 16.2. The predicted octanol–water partition coefficient (Wildman–Crippen LogP) is 2.98. The number of alkyl carbamates (subject to hydrolysis) is 2. The number of hydrogen-bond acceptors (Lipinski definition) is 10. The van der Waals surface area contributed by atoms with Crippen molar-refractivity contribution in [2.24, 2.45) is 15.7 Å². The molecule has 0 saturated carbocycles. The zero-order valence-corrected chi connectivity index (χ0v) is 31.0. The number of benzene rings is 3. The number of carbonyl (C=O) groups is 6. The second-order valence-electron chi connectivity index (χ2n) is 12.5. The number of hydrogen-bond donors (Lipinski definition) is 5. The van der Waals surface area contributed by atoms with Gasteiger partial charge in [0.2, 0.25) is 17.8 Å². The fourth-order valence-electron chi connectivity index (χ4n) is 5.25. The molecule has 1 aliphatic heterocycles. The highest BCUT2D eigenvalue weighted by molar-refractivity contribution is 6.07. The number of urea groups is 1. The van der Waals surface area contributed by atoms with Crippen LogP contribution < -0.4 is 27.0 Å². The van der Waals surface area contributed by atoms with Crippen molar-refractivity contribution in [1.82, 2.24) is 31.1 Å². The Labute approximate surface area is 323 Å².